The second-order valence-electron chi connectivity index (χ2n) is 12.5. The van der Waals surface area contributed by atoms with Gasteiger partial charge in [0, 0.05) is 11.8 Å². The summed E-state index contributed by atoms with van der Waals surface area (Å²) < 4.78 is 0. The fourth-order valence-electron chi connectivity index (χ4n) is 9.09. The summed E-state index contributed by atoms with van der Waals surface area (Å²) in [5.74, 6) is 4.42. The molecule has 0 aromatic rings. The first-order chi connectivity index (χ1) is 13.6. The van der Waals surface area contributed by atoms with Crippen molar-refractivity contribution in [2.24, 2.45) is 46.3 Å². The van der Waals surface area contributed by atoms with E-state index < -0.39 is 5.60 Å². The van der Waals surface area contributed by atoms with E-state index in [4.69, 9.17) is 0 Å². The lowest BCUT2D eigenvalue weighted by Crippen LogP contribution is -2.65. The maximum absolute atomic E-state index is 13.3. The summed E-state index contributed by atoms with van der Waals surface area (Å²) in [6.45, 7) is 12.1. The number of carbonyl (C=O) groups is 1. The van der Waals surface area contributed by atoms with Crippen LogP contribution in [0.1, 0.15) is 112 Å². The summed E-state index contributed by atoms with van der Waals surface area (Å²) in [6.07, 6.45) is 14.0. The van der Waals surface area contributed by atoms with Gasteiger partial charge in [-0.25, -0.2) is 0 Å². The zero-order valence-electron chi connectivity index (χ0n) is 19.8. The van der Waals surface area contributed by atoms with E-state index in [0.717, 1.165) is 30.6 Å². The van der Waals surface area contributed by atoms with Crippen molar-refractivity contribution in [3.63, 3.8) is 0 Å². The lowest BCUT2D eigenvalue weighted by atomic mass is 9.43. The van der Waals surface area contributed by atoms with Gasteiger partial charge < -0.3 is 5.11 Å². The SMILES string of the molecule is CC(C)CCC[C@H](C)[C@H]1CC[C@@H]2[C@@H]3CC(=O)[C@@]4(O)CCCC[C@]4(C)[C@H]3CC[C@@]21C. The van der Waals surface area contributed by atoms with Gasteiger partial charge in [0.25, 0.3) is 0 Å². The fourth-order valence-corrected chi connectivity index (χ4v) is 9.09. The third kappa shape index (κ3) is 3.26. The van der Waals surface area contributed by atoms with Gasteiger partial charge in [0.05, 0.1) is 0 Å². The number of fused-ring (bicyclic) bond motifs is 5. The van der Waals surface area contributed by atoms with Gasteiger partial charge in [0.2, 0.25) is 0 Å². The molecule has 0 heterocycles. The Kier molecular flexibility index (Phi) is 5.76. The number of aliphatic hydroxyl groups is 1. The van der Waals surface area contributed by atoms with Gasteiger partial charge in [0.1, 0.15) is 5.60 Å². The van der Waals surface area contributed by atoms with Crippen molar-refractivity contribution in [1.29, 1.82) is 0 Å². The summed E-state index contributed by atoms with van der Waals surface area (Å²) >= 11 is 0. The van der Waals surface area contributed by atoms with E-state index in [1.54, 1.807) is 0 Å². The van der Waals surface area contributed by atoms with Crippen molar-refractivity contribution in [2.45, 2.75) is 117 Å². The van der Waals surface area contributed by atoms with Crippen LogP contribution < -0.4 is 0 Å². The van der Waals surface area contributed by atoms with E-state index in [0.29, 0.717) is 36.0 Å². The molecule has 0 unspecified atom stereocenters. The summed E-state index contributed by atoms with van der Waals surface area (Å²) in [5.41, 5.74) is -0.783. The van der Waals surface area contributed by atoms with Crippen LogP contribution in [0.4, 0.5) is 0 Å². The molecule has 166 valence electrons. The minimum Gasteiger partial charge on any atom is -0.381 e. The average molecular weight is 403 g/mol. The Bertz CT molecular complexity index is 626. The molecular weight excluding hydrogens is 356 g/mol. The van der Waals surface area contributed by atoms with E-state index >= 15 is 0 Å². The number of rotatable bonds is 5. The minimum absolute atomic E-state index is 0.173. The Hall–Kier alpha value is -0.370. The highest BCUT2D eigenvalue weighted by atomic mass is 16.3. The molecule has 0 bridgehead atoms. The van der Waals surface area contributed by atoms with Gasteiger partial charge in [-0.15, -0.1) is 0 Å². The highest BCUT2D eigenvalue weighted by Gasteiger charge is 2.66. The minimum atomic E-state index is -1.03. The van der Waals surface area contributed by atoms with Crippen molar-refractivity contribution in [2.75, 3.05) is 0 Å². The second-order valence-corrected chi connectivity index (χ2v) is 12.5. The number of hydrogen-bond donors (Lipinski definition) is 1. The Labute approximate surface area is 179 Å². The van der Waals surface area contributed by atoms with Gasteiger partial charge >= 0.3 is 0 Å². The zero-order valence-corrected chi connectivity index (χ0v) is 19.8. The fraction of sp³-hybridized carbons (Fsp3) is 0.963. The van der Waals surface area contributed by atoms with Crippen molar-refractivity contribution < 1.29 is 9.90 Å². The van der Waals surface area contributed by atoms with Gasteiger partial charge in [-0.05, 0) is 79.4 Å². The number of carbonyl (C=O) groups excluding carboxylic acids is 1. The van der Waals surface area contributed by atoms with Gasteiger partial charge in [-0.3, -0.25) is 4.79 Å². The van der Waals surface area contributed by atoms with Crippen LogP contribution in [0.3, 0.4) is 0 Å². The van der Waals surface area contributed by atoms with E-state index in [2.05, 4.69) is 34.6 Å². The smallest absolute Gasteiger partial charge is 0.165 e. The zero-order chi connectivity index (χ0) is 21.0. The first-order valence-corrected chi connectivity index (χ1v) is 12.9. The molecule has 1 N–H and O–H groups in total. The summed E-state index contributed by atoms with van der Waals surface area (Å²) in [5, 5.41) is 11.5. The molecular formula is C27H46O2. The lowest BCUT2D eigenvalue weighted by Gasteiger charge is -2.62. The molecule has 4 aliphatic carbocycles. The maximum atomic E-state index is 13.3. The quantitative estimate of drug-likeness (QED) is 0.549. The molecule has 0 saturated heterocycles. The molecule has 4 fully saturated rings. The molecule has 8 atom stereocenters. The first kappa shape index (κ1) is 21.8. The molecule has 2 nitrogen and oxygen atoms in total. The van der Waals surface area contributed by atoms with Crippen molar-refractivity contribution in [1.82, 2.24) is 0 Å². The highest BCUT2D eigenvalue weighted by molar-refractivity contribution is 5.89. The van der Waals surface area contributed by atoms with Gasteiger partial charge in [0.15, 0.2) is 5.78 Å². The Balaban J connectivity index is 1.53. The molecule has 29 heavy (non-hydrogen) atoms. The van der Waals surface area contributed by atoms with Gasteiger partial charge in [-0.1, -0.05) is 66.7 Å². The van der Waals surface area contributed by atoms with Crippen molar-refractivity contribution in [3.8, 4) is 0 Å². The van der Waals surface area contributed by atoms with E-state index in [1.165, 1.54) is 51.4 Å². The molecule has 4 rings (SSSR count). The predicted octanol–water partition coefficient (Wildman–Crippen LogP) is 6.79. The molecule has 0 spiro atoms. The number of hydrogen-bond acceptors (Lipinski definition) is 2. The molecule has 0 aromatic heterocycles. The monoisotopic (exact) mass is 402 g/mol. The van der Waals surface area contributed by atoms with Crippen LogP contribution in [-0.2, 0) is 4.79 Å². The average Bonchev–Trinajstić information content (AvgIpc) is 3.01. The normalized spacial score (nSPS) is 48.2. The van der Waals surface area contributed by atoms with Crippen LogP contribution in [0.25, 0.3) is 0 Å². The first-order valence-electron chi connectivity index (χ1n) is 12.9. The predicted molar refractivity (Wildman–Crippen MR) is 120 cm³/mol. The molecule has 4 aliphatic rings. The molecule has 0 aliphatic heterocycles. The van der Waals surface area contributed by atoms with Crippen LogP contribution in [0.15, 0.2) is 0 Å². The molecule has 2 heteroatoms. The number of ketones is 1. The summed E-state index contributed by atoms with van der Waals surface area (Å²) in [4.78, 5) is 13.3. The van der Waals surface area contributed by atoms with E-state index in [9.17, 15) is 9.90 Å². The number of Topliss-reactive ketones (excluding diaryl/α,β-unsaturated/α-hetero) is 1. The third-order valence-corrected chi connectivity index (χ3v) is 10.8. The Morgan fingerprint density at radius 3 is 2.41 bits per heavy atom. The Morgan fingerprint density at radius 1 is 0.966 bits per heavy atom. The van der Waals surface area contributed by atoms with Crippen LogP contribution in [0, 0.1) is 46.3 Å². The van der Waals surface area contributed by atoms with Crippen molar-refractivity contribution in [3.05, 3.63) is 0 Å². The molecule has 0 amide bonds. The van der Waals surface area contributed by atoms with Crippen LogP contribution in [-0.4, -0.2) is 16.5 Å². The van der Waals surface area contributed by atoms with E-state index in [-0.39, 0.29) is 11.2 Å². The van der Waals surface area contributed by atoms with Crippen molar-refractivity contribution >= 4 is 5.78 Å². The summed E-state index contributed by atoms with van der Waals surface area (Å²) in [6, 6.07) is 0. The van der Waals surface area contributed by atoms with Crippen LogP contribution >= 0.6 is 0 Å². The van der Waals surface area contributed by atoms with E-state index in [1.807, 2.05) is 0 Å². The molecule has 4 saturated carbocycles. The van der Waals surface area contributed by atoms with Crippen LogP contribution in [0.5, 0.6) is 0 Å². The van der Waals surface area contributed by atoms with Gasteiger partial charge in [-0.2, -0.15) is 0 Å². The maximum Gasteiger partial charge on any atom is 0.165 e. The topological polar surface area (TPSA) is 37.3 Å². The molecule has 0 radical (unpaired) electrons. The lowest BCUT2D eigenvalue weighted by molar-refractivity contribution is -0.203. The molecule has 0 aromatic carbocycles. The standard InChI is InChI=1S/C27H46O2/c1-18(2)9-8-10-19(3)21-11-12-22-20-17-24(28)27(29)15-7-6-14-26(27,5)23(20)13-16-25(21,22)4/h18-23,29H,6-17H2,1-5H3/t19-,20-,21+,22+,23-,25+,26+,27-/m0/s1. The van der Waals surface area contributed by atoms with Crippen LogP contribution in [0.2, 0.25) is 0 Å². The largest absolute Gasteiger partial charge is 0.381 e. The Morgan fingerprint density at radius 2 is 1.69 bits per heavy atom. The highest BCUT2D eigenvalue weighted by Crippen LogP contribution is 2.68. The second kappa shape index (κ2) is 7.64. The summed E-state index contributed by atoms with van der Waals surface area (Å²) in [7, 11) is 0. The third-order valence-electron chi connectivity index (χ3n) is 10.8.